The van der Waals surface area contributed by atoms with E-state index in [1.807, 2.05) is 17.2 Å². The maximum absolute atomic E-state index is 13.8. The zero-order chi connectivity index (χ0) is 20.6. The zero-order valence-electron chi connectivity index (χ0n) is 17.0. The molecule has 1 amide bonds. The van der Waals surface area contributed by atoms with Gasteiger partial charge >= 0.3 is 0 Å². The van der Waals surface area contributed by atoms with E-state index >= 15 is 0 Å². The van der Waals surface area contributed by atoms with Gasteiger partial charge in [0.05, 0.1) is 6.61 Å². The van der Waals surface area contributed by atoms with Gasteiger partial charge in [-0.25, -0.2) is 0 Å². The SMILES string of the molecule is Cc1ccsc1CN1C[C@@H](c2cccnc2)[C@@]2(C1)OCCN(Cc1ccsc1)C2=O. The molecule has 0 radical (unpaired) electrons. The number of likely N-dealkylation sites (tertiary alicyclic amines) is 1. The van der Waals surface area contributed by atoms with Gasteiger partial charge < -0.3 is 9.64 Å². The molecule has 0 saturated carbocycles. The maximum Gasteiger partial charge on any atom is 0.257 e. The minimum atomic E-state index is -0.845. The summed E-state index contributed by atoms with van der Waals surface area (Å²) in [5, 5.41) is 6.32. The lowest BCUT2D eigenvalue weighted by atomic mass is 9.83. The van der Waals surface area contributed by atoms with Gasteiger partial charge in [-0.1, -0.05) is 6.07 Å². The van der Waals surface area contributed by atoms with E-state index in [9.17, 15) is 4.79 Å². The summed E-state index contributed by atoms with van der Waals surface area (Å²) >= 11 is 3.45. The molecule has 5 rings (SSSR count). The molecule has 0 unspecified atom stereocenters. The lowest BCUT2D eigenvalue weighted by Gasteiger charge is -2.42. The molecule has 3 aromatic heterocycles. The van der Waals surface area contributed by atoms with Crippen molar-refractivity contribution in [1.29, 1.82) is 0 Å². The molecule has 3 aromatic rings. The van der Waals surface area contributed by atoms with Crippen LogP contribution in [-0.4, -0.2) is 52.5 Å². The molecular weight excluding hydrogens is 414 g/mol. The average Bonchev–Trinajstić information content (AvgIpc) is 3.49. The van der Waals surface area contributed by atoms with Crippen LogP contribution in [0.15, 0.2) is 52.8 Å². The highest BCUT2D eigenvalue weighted by atomic mass is 32.1. The number of rotatable bonds is 5. The summed E-state index contributed by atoms with van der Waals surface area (Å²) in [6.07, 6.45) is 3.67. The molecule has 7 heteroatoms. The minimum Gasteiger partial charge on any atom is -0.361 e. The van der Waals surface area contributed by atoms with E-state index in [0.29, 0.717) is 26.2 Å². The summed E-state index contributed by atoms with van der Waals surface area (Å²) in [5.74, 6) is 0.0865. The molecule has 2 saturated heterocycles. The molecule has 0 N–H and O–H groups in total. The lowest BCUT2D eigenvalue weighted by Crippen LogP contribution is -2.59. The van der Waals surface area contributed by atoms with Crippen LogP contribution in [0.4, 0.5) is 0 Å². The highest BCUT2D eigenvalue weighted by Gasteiger charge is 2.57. The van der Waals surface area contributed by atoms with Gasteiger partial charge in [0, 0.05) is 55.9 Å². The number of aromatic nitrogens is 1. The monoisotopic (exact) mass is 439 g/mol. The van der Waals surface area contributed by atoms with Crippen LogP contribution < -0.4 is 0 Å². The molecule has 0 aliphatic carbocycles. The predicted molar refractivity (Wildman–Crippen MR) is 120 cm³/mol. The molecule has 2 aliphatic rings. The Morgan fingerprint density at radius 2 is 2.20 bits per heavy atom. The number of carbonyl (C=O) groups is 1. The fourth-order valence-electron chi connectivity index (χ4n) is 4.64. The van der Waals surface area contributed by atoms with Crippen molar-refractivity contribution in [3.8, 4) is 0 Å². The summed E-state index contributed by atoms with van der Waals surface area (Å²) < 4.78 is 6.38. The molecule has 5 heterocycles. The summed E-state index contributed by atoms with van der Waals surface area (Å²) in [6, 6.07) is 8.29. The van der Waals surface area contributed by atoms with Gasteiger partial charge in [0.25, 0.3) is 5.91 Å². The molecule has 1 spiro atoms. The number of aryl methyl sites for hydroxylation is 1. The highest BCUT2D eigenvalue weighted by Crippen LogP contribution is 2.42. The van der Waals surface area contributed by atoms with Crippen LogP contribution in [0.25, 0.3) is 0 Å². The Morgan fingerprint density at radius 1 is 1.27 bits per heavy atom. The number of pyridine rings is 1. The Morgan fingerprint density at radius 3 is 2.93 bits per heavy atom. The number of nitrogens with zero attached hydrogens (tertiary/aromatic N) is 3. The van der Waals surface area contributed by atoms with Crippen molar-refractivity contribution in [3.05, 3.63) is 74.4 Å². The van der Waals surface area contributed by atoms with Crippen LogP contribution in [-0.2, 0) is 22.6 Å². The van der Waals surface area contributed by atoms with Crippen LogP contribution in [0.2, 0.25) is 0 Å². The fourth-order valence-corrected chi connectivity index (χ4v) is 6.25. The second-order valence-electron chi connectivity index (χ2n) is 8.13. The van der Waals surface area contributed by atoms with Crippen molar-refractivity contribution in [2.24, 2.45) is 0 Å². The first-order chi connectivity index (χ1) is 14.7. The van der Waals surface area contributed by atoms with Crippen molar-refractivity contribution in [2.75, 3.05) is 26.2 Å². The van der Waals surface area contributed by atoms with Crippen LogP contribution in [0.1, 0.15) is 27.5 Å². The molecule has 0 bridgehead atoms. The van der Waals surface area contributed by atoms with Crippen molar-refractivity contribution in [2.45, 2.75) is 31.5 Å². The second-order valence-corrected chi connectivity index (χ2v) is 9.91. The molecule has 2 atom stereocenters. The maximum atomic E-state index is 13.8. The fraction of sp³-hybridized carbons (Fsp3) is 0.391. The molecule has 156 valence electrons. The average molecular weight is 440 g/mol. The van der Waals surface area contributed by atoms with Crippen molar-refractivity contribution >= 4 is 28.6 Å². The highest BCUT2D eigenvalue weighted by molar-refractivity contribution is 7.10. The van der Waals surface area contributed by atoms with E-state index in [4.69, 9.17) is 4.74 Å². The number of carbonyl (C=O) groups excluding carboxylic acids is 1. The first-order valence-corrected chi connectivity index (χ1v) is 12.1. The minimum absolute atomic E-state index is 0.0238. The third-order valence-electron chi connectivity index (χ3n) is 6.21. The molecule has 2 fully saturated rings. The van der Waals surface area contributed by atoms with E-state index in [0.717, 1.165) is 18.7 Å². The van der Waals surface area contributed by atoms with Gasteiger partial charge in [-0.2, -0.15) is 11.3 Å². The van der Waals surface area contributed by atoms with Crippen LogP contribution >= 0.6 is 22.7 Å². The molecule has 5 nitrogen and oxygen atoms in total. The third kappa shape index (κ3) is 3.60. The molecule has 0 aromatic carbocycles. The standard InChI is InChI=1S/C23H25N3O2S2/c1-17-4-10-30-21(17)14-25-13-20(19-3-2-6-24-11-19)23(16-25)22(27)26(7-8-28-23)12-18-5-9-29-15-18/h2-6,9-11,15,20H,7-8,12-14,16H2,1H3/t20-,23+/m0/s1. The first-order valence-electron chi connectivity index (χ1n) is 10.3. The largest absolute Gasteiger partial charge is 0.361 e. The van der Waals surface area contributed by atoms with Gasteiger partial charge in [0.15, 0.2) is 5.60 Å². The van der Waals surface area contributed by atoms with E-state index < -0.39 is 5.60 Å². The van der Waals surface area contributed by atoms with E-state index in [-0.39, 0.29) is 11.8 Å². The van der Waals surface area contributed by atoms with E-state index in [1.165, 1.54) is 16.0 Å². The van der Waals surface area contributed by atoms with Gasteiger partial charge in [-0.15, -0.1) is 11.3 Å². The Kier molecular flexibility index (Phi) is 5.45. The van der Waals surface area contributed by atoms with E-state index in [1.54, 1.807) is 28.9 Å². The van der Waals surface area contributed by atoms with Crippen molar-refractivity contribution in [3.63, 3.8) is 0 Å². The van der Waals surface area contributed by atoms with Gasteiger partial charge in [0.2, 0.25) is 0 Å². The molecular formula is C23H25N3O2S2. The number of amides is 1. The first kappa shape index (κ1) is 19.9. The van der Waals surface area contributed by atoms with Crippen LogP contribution in [0.3, 0.4) is 0 Å². The normalized spacial score (nSPS) is 24.8. The zero-order valence-corrected chi connectivity index (χ0v) is 18.6. The van der Waals surface area contributed by atoms with Crippen LogP contribution in [0, 0.1) is 6.92 Å². The number of ether oxygens (including phenoxy) is 1. The Bertz CT molecular complexity index is 1000. The number of morpholine rings is 1. The predicted octanol–water partition coefficient (Wildman–Crippen LogP) is 3.91. The van der Waals surface area contributed by atoms with Crippen LogP contribution in [0.5, 0.6) is 0 Å². The number of hydrogen-bond acceptors (Lipinski definition) is 6. The van der Waals surface area contributed by atoms with Gasteiger partial charge in [-0.05, 0) is 58.0 Å². The van der Waals surface area contributed by atoms with Gasteiger partial charge in [0.1, 0.15) is 0 Å². The summed E-state index contributed by atoms with van der Waals surface area (Å²) in [5.41, 5.74) is 2.73. The second kappa shape index (κ2) is 8.23. The van der Waals surface area contributed by atoms with Gasteiger partial charge in [-0.3, -0.25) is 14.7 Å². The molecule has 2 aliphatic heterocycles. The summed E-state index contributed by atoms with van der Waals surface area (Å²) in [7, 11) is 0. The van der Waals surface area contributed by atoms with Crippen molar-refractivity contribution < 1.29 is 9.53 Å². The van der Waals surface area contributed by atoms with E-state index in [2.05, 4.69) is 51.1 Å². The van der Waals surface area contributed by atoms with Crippen molar-refractivity contribution in [1.82, 2.24) is 14.8 Å². The Balaban J connectivity index is 1.46. The number of hydrogen-bond donors (Lipinski definition) is 0. The quantitative estimate of drug-likeness (QED) is 0.605. The third-order valence-corrected chi connectivity index (χ3v) is 7.95. The Hall–Kier alpha value is -2.06. The summed E-state index contributed by atoms with van der Waals surface area (Å²) in [4.78, 5) is 23.9. The number of thiophene rings is 2. The topological polar surface area (TPSA) is 45.7 Å². The smallest absolute Gasteiger partial charge is 0.257 e. The molecule has 30 heavy (non-hydrogen) atoms. The summed E-state index contributed by atoms with van der Waals surface area (Å²) in [6.45, 7) is 6.27. The lowest BCUT2D eigenvalue weighted by molar-refractivity contribution is -0.173. The Labute approximate surface area is 184 Å².